The molecule has 0 amide bonds. The maximum absolute atomic E-state index is 11.5. The molecule has 0 radical (unpaired) electrons. The van der Waals surface area contributed by atoms with E-state index in [9.17, 15) is 4.79 Å². The summed E-state index contributed by atoms with van der Waals surface area (Å²) in [4.78, 5) is 11.5. The van der Waals surface area contributed by atoms with Gasteiger partial charge in [0.25, 0.3) is 0 Å². The van der Waals surface area contributed by atoms with Crippen molar-refractivity contribution < 1.29 is 4.79 Å². The van der Waals surface area contributed by atoms with Crippen LogP contribution in [-0.4, -0.2) is 5.78 Å². The zero-order valence-electron chi connectivity index (χ0n) is 7.73. The van der Waals surface area contributed by atoms with Gasteiger partial charge in [-0.2, -0.15) is 0 Å². The highest BCUT2D eigenvalue weighted by atomic mass is 16.1. The quantitative estimate of drug-likeness (QED) is 0.544. The number of Topliss-reactive ketones (excluding diaryl/α,β-unsaturated/α-hetero) is 1. The molecule has 1 unspecified atom stereocenters. The van der Waals surface area contributed by atoms with Gasteiger partial charge in [-0.3, -0.25) is 4.79 Å². The van der Waals surface area contributed by atoms with Crippen LogP contribution in [0.15, 0.2) is 12.7 Å². The van der Waals surface area contributed by atoms with Crippen LogP contribution in [0.25, 0.3) is 0 Å². The molecule has 2 aliphatic rings. The average Bonchev–Trinajstić information content (AvgIpc) is 2.54. The molecule has 1 spiro atoms. The van der Waals surface area contributed by atoms with Crippen molar-refractivity contribution in [3.8, 4) is 0 Å². The van der Waals surface area contributed by atoms with Crippen LogP contribution in [-0.2, 0) is 4.79 Å². The third-order valence-electron chi connectivity index (χ3n) is 4.15. The number of hydrogen-bond donors (Lipinski definition) is 0. The molecular formula is C11H16O. The monoisotopic (exact) mass is 164 g/mol. The predicted molar refractivity (Wildman–Crippen MR) is 48.8 cm³/mol. The summed E-state index contributed by atoms with van der Waals surface area (Å²) in [6.07, 6.45) is 7.77. The van der Waals surface area contributed by atoms with Crippen molar-refractivity contribution in [2.45, 2.75) is 39.0 Å². The first-order valence-electron chi connectivity index (χ1n) is 4.82. The first-order chi connectivity index (χ1) is 5.65. The molecule has 0 aromatic heterocycles. The summed E-state index contributed by atoms with van der Waals surface area (Å²) in [7, 11) is 0. The van der Waals surface area contributed by atoms with Crippen molar-refractivity contribution >= 4 is 5.78 Å². The van der Waals surface area contributed by atoms with Gasteiger partial charge in [0.2, 0.25) is 0 Å². The fraction of sp³-hybridized carbons (Fsp3) is 0.727. The van der Waals surface area contributed by atoms with Crippen LogP contribution in [0.5, 0.6) is 0 Å². The fourth-order valence-corrected chi connectivity index (χ4v) is 2.94. The zero-order chi connectivity index (χ0) is 8.82. The molecule has 2 fully saturated rings. The maximum Gasteiger partial charge on any atom is 0.143 e. The first kappa shape index (κ1) is 8.03. The number of allylic oxidation sites excluding steroid dienone is 1. The number of rotatable bonds is 1. The Morgan fingerprint density at radius 1 is 1.42 bits per heavy atom. The van der Waals surface area contributed by atoms with Crippen molar-refractivity contribution in [2.24, 2.45) is 10.8 Å². The summed E-state index contributed by atoms with van der Waals surface area (Å²) in [5, 5.41) is 0. The van der Waals surface area contributed by atoms with E-state index in [-0.39, 0.29) is 5.41 Å². The number of carbonyl (C=O) groups excluding carboxylic acids is 1. The van der Waals surface area contributed by atoms with Crippen molar-refractivity contribution in [3.63, 3.8) is 0 Å². The van der Waals surface area contributed by atoms with Crippen LogP contribution in [0.2, 0.25) is 0 Å². The normalized spacial score (nSPS) is 38.2. The van der Waals surface area contributed by atoms with Gasteiger partial charge in [-0.1, -0.05) is 18.9 Å². The summed E-state index contributed by atoms with van der Waals surface area (Å²) in [5.41, 5.74) is 0.148. The van der Waals surface area contributed by atoms with Crippen LogP contribution in [0.4, 0.5) is 0 Å². The molecule has 0 N–H and O–H groups in total. The maximum atomic E-state index is 11.5. The number of carbonyl (C=O) groups is 1. The van der Waals surface area contributed by atoms with Gasteiger partial charge in [0.05, 0.1) is 0 Å². The summed E-state index contributed by atoms with van der Waals surface area (Å²) >= 11 is 0. The highest BCUT2D eigenvalue weighted by Gasteiger charge is 2.61. The Morgan fingerprint density at radius 3 is 2.42 bits per heavy atom. The topological polar surface area (TPSA) is 17.1 Å². The van der Waals surface area contributed by atoms with E-state index in [2.05, 4.69) is 13.5 Å². The lowest BCUT2D eigenvalue weighted by Crippen LogP contribution is -2.54. The van der Waals surface area contributed by atoms with Crippen LogP contribution in [0.1, 0.15) is 39.0 Å². The van der Waals surface area contributed by atoms with E-state index in [1.807, 2.05) is 6.08 Å². The van der Waals surface area contributed by atoms with Crippen molar-refractivity contribution in [3.05, 3.63) is 12.7 Å². The fourth-order valence-electron chi connectivity index (χ4n) is 2.94. The molecule has 1 atom stereocenters. The van der Waals surface area contributed by atoms with Gasteiger partial charge < -0.3 is 0 Å². The summed E-state index contributed by atoms with van der Waals surface area (Å²) in [6, 6.07) is 0. The van der Waals surface area contributed by atoms with E-state index in [0.29, 0.717) is 11.2 Å². The molecule has 2 saturated carbocycles. The zero-order valence-corrected chi connectivity index (χ0v) is 7.73. The lowest BCUT2D eigenvalue weighted by molar-refractivity contribution is -0.150. The van der Waals surface area contributed by atoms with Crippen molar-refractivity contribution in [2.75, 3.05) is 0 Å². The van der Waals surface area contributed by atoms with E-state index in [4.69, 9.17) is 0 Å². The van der Waals surface area contributed by atoms with Crippen LogP contribution >= 0.6 is 0 Å². The lowest BCUT2D eigenvalue weighted by Gasteiger charge is -2.53. The summed E-state index contributed by atoms with van der Waals surface area (Å²) in [5.74, 6) is 0.402. The Hall–Kier alpha value is -0.590. The molecule has 0 bridgehead atoms. The predicted octanol–water partition coefficient (Wildman–Crippen LogP) is 2.71. The Kier molecular flexibility index (Phi) is 1.48. The molecule has 1 heteroatoms. The molecule has 2 rings (SSSR count). The smallest absolute Gasteiger partial charge is 0.143 e. The van der Waals surface area contributed by atoms with E-state index in [1.54, 1.807) is 0 Å². The van der Waals surface area contributed by atoms with Crippen LogP contribution in [0.3, 0.4) is 0 Å². The Bertz CT molecular complexity index is 235. The van der Waals surface area contributed by atoms with E-state index in [1.165, 1.54) is 25.7 Å². The molecule has 2 aliphatic carbocycles. The average molecular weight is 164 g/mol. The van der Waals surface area contributed by atoms with Gasteiger partial charge in [-0.25, -0.2) is 0 Å². The van der Waals surface area contributed by atoms with Crippen molar-refractivity contribution in [1.29, 1.82) is 0 Å². The standard InChI is InChI=1S/C11H16O/c1-3-10(2)9(12)8-11(10)6-4-5-7-11/h3H,1,4-8H2,2H3. The van der Waals surface area contributed by atoms with E-state index >= 15 is 0 Å². The second-order valence-electron chi connectivity index (χ2n) is 4.49. The van der Waals surface area contributed by atoms with Crippen LogP contribution < -0.4 is 0 Å². The Morgan fingerprint density at radius 2 is 2.00 bits per heavy atom. The van der Waals surface area contributed by atoms with E-state index in [0.717, 1.165) is 6.42 Å². The third kappa shape index (κ3) is 0.675. The molecule has 1 nitrogen and oxygen atoms in total. The second kappa shape index (κ2) is 2.21. The number of hydrogen-bond acceptors (Lipinski definition) is 1. The molecule has 0 heterocycles. The second-order valence-corrected chi connectivity index (χ2v) is 4.49. The molecule has 0 saturated heterocycles. The van der Waals surface area contributed by atoms with Gasteiger partial charge in [-0.15, -0.1) is 6.58 Å². The Labute approximate surface area is 73.8 Å². The minimum Gasteiger partial charge on any atom is -0.299 e. The largest absolute Gasteiger partial charge is 0.299 e. The molecule has 66 valence electrons. The number of ketones is 1. The molecule has 0 aromatic carbocycles. The van der Waals surface area contributed by atoms with Gasteiger partial charge in [-0.05, 0) is 25.2 Å². The van der Waals surface area contributed by atoms with Gasteiger partial charge in [0, 0.05) is 11.8 Å². The minimum absolute atomic E-state index is 0.177. The SMILES string of the molecule is C=CC1(C)C(=O)CC12CCCC2. The molecule has 0 aromatic rings. The van der Waals surface area contributed by atoms with Crippen LogP contribution in [0, 0.1) is 10.8 Å². The summed E-state index contributed by atoms with van der Waals surface area (Å²) in [6.45, 7) is 5.87. The minimum atomic E-state index is -0.177. The molecule has 12 heavy (non-hydrogen) atoms. The van der Waals surface area contributed by atoms with Gasteiger partial charge in [0.1, 0.15) is 5.78 Å². The summed E-state index contributed by atoms with van der Waals surface area (Å²) < 4.78 is 0. The third-order valence-corrected chi connectivity index (χ3v) is 4.15. The van der Waals surface area contributed by atoms with Gasteiger partial charge >= 0.3 is 0 Å². The van der Waals surface area contributed by atoms with Gasteiger partial charge in [0.15, 0.2) is 0 Å². The van der Waals surface area contributed by atoms with E-state index < -0.39 is 0 Å². The Balaban J connectivity index is 2.30. The highest BCUT2D eigenvalue weighted by Crippen LogP contribution is 2.62. The molecular weight excluding hydrogens is 148 g/mol. The first-order valence-corrected chi connectivity index (χ1v) is 4.82. The van der Waals surface area contributed by atoms with Crippen molar-refractivity contribution in [1.82, 2.24) is 0 Å². The molecule has 0 aliphatic heterocycles. The lowest BCUT2D eigenvalue weighted by atomic mass is 9.48. The highest BCUT2D eigenvalue weighted by molar-refractivity contribution is 5.94.